The van der Waals surface area contributed by atoms with Crippen molar-refractivity contribution in [2.75, 3.05) is 18.4 Å². The van der Waals surface area contributed by atoms with Crippen LogP contribution in [0.3, 0.4) is 0 Å². The summed E-state index contributed by atoms with van der Waals surface area (Å²) in [6.07, 6.45) is 6.01. The first-order chi connectivity index (χ1) is 11.2. The monoisotopic (exact) mass is 313 g/mol. The van der Waals surface area contributed by atoms with Crippen molar-refractivity contribution >= 4 is 11.7 Å². The van der Waals surface area contributed by atoms with Crippen LogP contribution in [0.25, 0.3) is 0 Å². The predicted octanol–water partition coefficient (Wildman–Crippen LogP) is 0.952. The Kier molecular flexibility index (Phi) is 4.77. The second kappa shape index (κ2) is 7.15. The molecule has 7 heteroatoms. The molecule has 0 aromatic carbocycles. The van der Waals surface area contributed by atoms with Gasteiger partial charge in [-0.3, -0.25) is 9.78 Å². The third kappa shape index (κ3) is 4.01. The highest BCUT2D eigenvalue weighted by molar-refractivity contribution is 5.93. The normalized spacial score (nSPS) is 19.7. The molecule has 120 valence electrons. The average Bonchev–Trinajstić information content (AvgIpc) is 2.57. The molecule has 23 heavy (non-hydrogen) atoms. The number of hydrogen-bond donors (Lipinski definition) is 3. The van der Waals surface area contributed by atoms with Crippen molar-refractivity contribution in [3.05, 3.63) is 48.2 Å². The van der Waals surface area contributed by atoms with Crippen molar-refractivity contribution < 1.29 is 9.90 Å². The maximum Gasteiger partial charge on any atom is 0.252 e. The number of aliphatic hydroxyl groups is 1. The molecule has 1 saturated carbocycles. The second-order valence-electron chi connectivity index (χ2n) is 5.57. The molecule has 1 aliphatic rings. The van der Waals surface area contributed by atoms with Crippen molar-refractivity contribution in [1.82, 2.24) is 20.3 Å². The lowest BCUT2D eigenvalue weighted by atomic mass is 9.80. The van der Waals surface area contributed by atoms with Crippen LogP contribution in [0.15, 0.2) is 36.9 Å². The van der Waals surface area contributed by atoms with Crippen LogP contribution in [0, 0.1) is 0 Å². The van der Waals surface area contributed by atoms with Crippen LogP contribution < -0.4 is 10.6 Å². The first-order valence-electron chi connectivity index (χ1n) is 7.64. The van der Waals surface area contributed by atoms with Gasteiger partial charge in [0, 0.05) is 43.2 Å². The molecular formula is C16H19N5O2. The van der Waals surface area contributed by atoms with Crippen molar-refractivity contribution in [1.29, 1.82) is 0 Å². The smallest absolute Gasteiger partial charge is 0.252 e. The number of nitrogens with one attached hydrogen (secondary N) is 2. The highest BCUT2D eigenvalue weighted by atomic mass is 16.3. The van der Waals surface area contributed by atoms with Crippen LogP contribution in [0.1, 0.15) is 34.8 Å². The zero-order chi connectivity index (χ0) is 16.1. The van der Waals surface area contributed by atoms with Crippen LogP contribution in [0.5, 0.6) is 0 Å². The van der Waals surface area contributed by atoms with Gasteiger partial charge in [0.1, 0.15) is 12.1 Å². The number of rotatable bonds is 6. The Morgan fingerprint density at radius 1 is 1.30 bits per heavy atom. The lowest BCUT2D eigenvalue weighted by Gasteiger charge is -2.30. The van der Waals surface area contributed by atoms with E-state index >= 15 is 0 Å². The van der Waals surface area contributed by atoms with E-state index in [-0.39, 0.29) is 12.0 Å². The van der Waals surface area contributed by atoms with Crippen molar-refractivity contribution in [3.63, 3.8) is 0 Å². The molecule has 3 N–H and O–H groups in total. The van der Waals surface area contributed by atoms with Gasteiger partial charge in [-0.2, -0.15) is 0 Å². The van der Waals surface area contributed by atoms with Gasteiger partial charge in [0.05, 0.1) is 11.7 Å². The number of carbonyl (C=O) groups is 1. The minimum absolute atomic E-state index is 0.147. The van der Waals surface area contributed by atoms with E-state index in [9.17, 15) is 9.90 Å². The first-order valence-corrected chi connectivity index (χ1v) is 7.64. The summed E-state index contributed by atoms with van der Waals surface area (Å²) in [4.78, 5) is 24.2. The molecule has 1 fully saturated rings. The maximum atomic E-state index is 11.8. The van der Waals surface area contributed by atoms with E-state index in [1.807, 2.05) is 6.07 Å². The lowest BCUT2D eigenvalue weighted by Crippen LogP contribution is -2.29. The topological polar surface area (TPSA) is 100 Å². The molecule has 0 aliphatic heterocycles. The molecule has 0 spiro atoms. The first kappa shape index (κ1) is 15.4. The molecule has 7 nitrogen and oxygen atoms in total. The summed E-state index contributed by atoms with van der Waals surface area (Å²) in [7, 11) is 0. The van der Waals surface area contributed by atoms with E-state index in [0.29, 0.717) is 24.6 Å². The number of carbonyl (C=O) groups excluding carboxylic acids is 1. The molecule has 0 atom stereocenters. The highest BCUT2D eigenvalue weighted by Crippen LogP contribution is 2.35. The Labute approximate surface area is 134 Å². The maximum absolute atomic E-state index is 11.8. The molecule has 3 rings (SSSR count). The van der Waals surface area contributed by atoms with E-state index in [2.05, 4.69) is 25.6 Å². The van der Waals surface area contributed by atoms with E-state index in [0.717, 1.165) is 24.4 Å². The molecular weight excluding hydrogens is 294 g/mol. The molecule has 0 saturated heterocycles. The number of amides is 1. The summed E-state index contributed by atoms with van der Waals surface area (Å²) in [5, 5.41) is 15.3. The second-order valence-corrected chi connectivity index (χ2v) is 5.57. The van der Waals surface area contributed by atoms with Gasteiger partial charge in [-0.1, -0.05) is 0 Å². The lowest BCUT2D eigenvalue weighted by molar-refractivity contribution is 0.0732. The fraction of sp³-hybridized carbons (Fsp3) is 0.375. The fourth-order valence-electron chi connectivity index (χ4n) is 2.49. The highest BCUT2D eigenvalue weighted by Gasteiger charge is 2.29. The predicted molar refractivity (Wildman–Crippen MR) is 85.1 cm³/mol. The summed E-state index contributed by atoms with van der Waals surface area (Å²) in [5.41, 5.74) is 1.49. The van der Waals surface area contributed by atoms with E-state index in [4.69, 9.17) is 0 Å². The number of nitrogens with zero attached hydrogens (tertiary/aromatic N) is 3. The molecule has 0 bridgehead atoms. The molecule has 2 aromatic heterocycles. The standard InChI is InChI=1S/C16H19N5O2/c22-13-6-12(7-13)14-8-15(21-10-20-14)18-4-5-19-16(23)11-2-1-3-17-9-11/h1-3,8-10,12-13,22H,4-7H2,(H,19,23)(H,18,20,21). The van der Waals surface area contributed by atoms with Gasteiger partial charge in [0.15, 0.2) is 0 Å². The molecule has 1 aliphatic carbocycles. The quantitative estimate of drug-likeness (QED) is 0.687. The Hall–Kier alpha value is -2.54. The van der Waals surface area contributed by atoms with Gasteiger partial charge in [-0.05, 0) is 25.0 Å². The minimum Gasteiger partial charge on any atom is -0.393 e. The third-order valence-corrected chi connectivity index (χ3v) is 3.86. The van der Waals surface area contributed by atoms with E-state index in [1.165, 1.54) is 12.5 Å². The number of pyridine rings is 1. The van der Waals surface area contributed by atoms with Crippen molar-refractivity contribution in [3.8, 4) is 0 Å². The third-order valence-electron chi connectivity index (χ3n) is 3.86. The number of hydrogen-bond acceptors (Lipinski definition) is 6. The zero-order valence-electron chi connectivity index (χ0n) is 12.6. The number of aromatic nitrogens is 3. The zero-order valence-corrected chi connectivity index (χ0v) is 12.6. The van der Waals surface area contributed by atoms with E-state index < -0.39 is 0 Å². The Balaban J connectivity index is 1.44. The van der Waals surface area contributed by atoms with Gasteiger partial charge in [0.25, 0.3) is 5.91 Å². The summed E-state index contributed by atoms with van der Waals surface area (Å²) < 4.78 is 0. The largest absolute Gasteiger partial charge is 0.393 e. The minimum atomic E-state index is -0.200. The van der Waals surface area contributed by atoms with Crippen LogP contribution in [-0.4, -0.2) is 45.2 Å². The van der Waals surface area contributed by atoms with Gasteiger partial charge in [0.2, 0.25) is 0 Å². The molecule has 0 unspecified atom stereocenters. The molecule has 1 amide bonds. The fourth-order valence-corrected chi connectivity index (χ4v) is 2.49. The van der Waals surface area contributed by atoms with Gasteiger partial charge >= 0.3 is 0 Å². The summed E-state index contributed by atoms with van der Waals surface area (Å²) >= 11 is 0. The van der Waals surface area contributed by atoms with Crippen LogP contribution >= 0.6 is 0 Å². The van der Waals surface area contributed by atoms with E-state index in [1.54, 1.807) is 18.3 Å². The summed E-state index contributed by atoms with van der Waals surface area (Å²) in [6, 6.07) is 5.35. The van der Waals surface area contributed by atoms with Crippen molar-refractivity contribution in [2.45, 2.75) is 24.9 Å². The molecule has 2 aromatic rings. The number of anilines is 1. The van der Waals surface area contributed by atoms with Gasteiger partial charge in [-0.15, -0.1) is 0 Å². The van der Waals surface area contributed by atoms with Crippen molar-refractivity contribution in [2.24, 2.45) is 0 Å². The Morgan fingerprint density at radius 2 is 2.17 bits per heavy atom. The Bertz CT molecular complexity index is 659. The van der Waals surface area contributed by atoms with Gasteiger partial charge < -0.3 is 15.7 Å². The van der Waals surface area contributed by atoms with Crippen LogP contribution in [0.2, 0.25) is 0 Å². The average molecular weight is 313 g/mol. The van der Waals surface area contributed by atoms with Crippen LogP contribution in [-0.2, 0) is 0 Å². The SMILES string of the molecule is O=C(NCCNc1cc(C2CC(O)C2)ncn1)c1cccnc1. The number of aliphatic hydroxyl groups excluding tert-OH is 1. The molecule has 2 heterocycles. The van der Waals surface area contributed by atoms with Crippen LogP contribution in [0.4, 0.5) is 5.82 Å². The summed E-state index contributed by atoms with van der Waals surface area (Å²) in [5.74, 6) is 0.901. The molecule has 0 radical (unpaired) electrons. The van der Waals surface area contributed by atoms with Gasteiger partial charge in [-0.25, -0.2) is 9.97 Å². The Morgan fingerprint density at radius 3 is 2.91 bits per heavy atom. The summed E-state index contributed by atoms with van der Waals surface area (Å²) in [6.45, 7) is 1.05.